The van der Waals surface area contributed by atoms with Gasteiger partial charge in [0, 0.05) is 32.1 Å². The fraction of sp³-hybridized carbons (Fsp3) is 0.619. The lowest BCUT2D eigenvalue weighted by Crippen LogP contribution is -2.43. The first-order valence-electron chi connectivity index (χ1n) is 10.8. The van der Waals surface area contributed by atoms with Crippen LogP contribution in [0.1, 0.15) is 38.5 Å². The van der Waals surface area contributed by atoms with Crippen LogP contribution in [0.3, 0.4) is 0 Å². The van der Waals surface area contributed by atoms with Crippen molar-refractivity contribution in [3.05, 3.63) is 17.2 Å². The number of ketones is 1. The highest BCUT2D eigenvalue weighted by molar-refractivity contribution is 6.30. The third kappa shape index (κ3) is 3.82. The van der Waals surface area contributed by atoms with E-state index in [1.807, 2.05) is 4.90 Å². The number of Topliss-reactive ketones (excluding diaryl/α,β-unsaturated/α-hetero) is 1. The summed E-state index contributed by atoms with van der Waals surface area (Å²) in [6, 6.07) is 0.00361. The van der Waals surface area contributed by atoms with Gasteiger partial charge >= 0.3 is 6.01 Å². The summed E-state index contributed by atoms with van der Waals surface area (Å²) in [5.74, 6) is -0.234. The standard InChI is InChI=1S/C21H24ClF2N5O2/c22-18-16(24)17-15(9-25-18)19(28-6-2-1-4-14(30)11-28)27-20(26-17)31-12-21-5-3-7-29(21)10-13(23)8-21/h9,13H,1-8,10-12H2/t13-,21+/m1/s1. The van der Waals surface area contributed by atoms with Crippen LogP contribution in [-0.4, -0.2) is 70.1 Å². The number of carbonyl (C=O) groups excluding carboxylic acids is 1. The van der Waals surface area contributed by atoms with E-state index in [2.05, 4.69) is 19.9 Å². The highest BCUT2D eigenvalue weighted by Crippen LogP contribution is 2.40. The second kappa shape index (κ2) is 8.09. The Balaban J connectivity index is 1.51. The zero-order chi connectivity index (χ0) is 21.6. The molecule has 0 aliphatic carbocycles. The van der Waals surface area contributed by atoms with E-state index in [9.17, 15) is 13.6 Å². The molecule has 3 aliphatic heterocycles. The van der Waals surface area contributed by atoms with Crippen molar-refractivity contribution in [2.24, 2.45) is 0 Å². The predicted octanol–water partition coefficient (Wildman–Crippen LogP) is 3.33. The van der Waals surface area contributed by atoms with Crippen LogP contribution in [0.25, 0.3) is 10.9 Å². The Morgan fingerprint density at radius 2 is 2.13 bits per heavy atom. The highest BCUT2D eigenvalue weighted by Gasteiger charge is 2.49. The van der Waals surface area contributed by atoms with Crippen molar-refractivity contribution in [2.45, 2.75) is 50.2 Å². The van der Waals surface area contributed by atoms with Gasteiger partial charge in [-0.25, -0.2) is 13.8 Å². The first kappa shape index (κ1) is 20.8. The maximum absolute atomic E-state index is 14.8. The fourth-order valence-electron chi connectivity index (χ4n) is 5.13. The molecular formula is C21H24ClF2N5O2. The maximum Gasteiger partial charge on any atom is 0.319 e. The molecular weight excluding hydrogens is 428 g/mol. The highest BCUT2D eigenvalue weighted by atomic mass is 35.5. The van der Waals surface area contributed by atoms with Crippen molar-refractivity contribution in [3.8, 4) is 6.01 Å². The molecule has 0 radical (unpaired) electrons. The van der Waals surface area contributed by atoms with Crippen molar-refractivity contribution in [1.29, 1.82) is 0 Å². The summed E-state index contributed by atoms with van der Waals surface area (Å²) in [4.78, 5) is 28.9. The number of hydrogen-bond acceptors (Lipinski definition) is 7. The molecule has 166 valence electrons. The molecule has 0 amide bonds. The molecule has 3 saturated heterocycles. The number of halogens is 3. The molecule has 10 heteroatoms. The van der Waals surface area contributed by atoms with Crippen molar-refractivity contribution in [3.63, 3.8) is 0 Å². The predicted molar refractivity (Wildman–Crippen MR) is 112 cm³/mol. The van der Waals surface area contributed by atoms with Gasteiger partial charge in [-0.05, 0) is 32.2 Å². The Hall–Kier alpha value is -2.13. The Kier molecular flexibility index (Phi) is 5.42. The van der Waals surface area contributed by atoms with Crippen LogP contribution in [0.4, 0.5) is 14.6 Å². The molecule has 5 heterocycles. The van der Waals surface area contributed by atoms with E-state index in [0.29, 0.717) is 37.1 Å². The first-order chi connectivity index (χ1) is 14.9. The van der Waals surface area contributed by atoms with Crippen LogP contribution >= 0.6 is 11.6 Å². The lowest BCUT2D eigenvalue weighted by atomic mass is 9.95. The molecule has 3 fully saturated rings. The number of alkyl halides is 1. The number of hydrogen-bond donors (Lipinski definition) is 0. The van der Waals surface area contributed by atoms with Gasteiger partial charge in [-0.2, -0.15) is 9.97 Å². The summed E-state index contributed by atoms with van der Waals surface area (Å²) in [5.41, 5.74) is -0.363. The minimum Gasteiger partial charge on any atom is -0.461 e. The summed E-state index contributed by atoms with van der Waals surface area (Å²) in [6.45, 7) is 2.30. The summed E-state index contributed by atoms with van der Waals surface area (Å²) >= 11 is 5.89. The quantitative estimate of drug-likeness (QED) is 0.660. The van der Waals surface area contributed by atoms with E-state index < -0.39 is 12.0 Å². The summed E-state index contributed by atoms with van der Waals surface area (Å²) in [7, 11) is 0. The third-order valence-electron chi connectivity index (χ3n) is 6.63. The maximum atomic E-state index is 14.8. The normalized spacial score (nSPS) is 27.0. The molecule has 2 aromatic heterocycles. The second-order valence-corrected chi connectivity index (χ2v) is 9.09. The Labute approximate surface area is 183 Å². The summed E-state index contributed by atoms with van der Waals surface area (Å²) < 4.78 is 34.8. The first-order valence-corrected chi connectivity index (χ1v) is 11.1. The molecule has 0 aromatic carbocycles. The van der Waals surface area contributed by atoms with E-state index >= 15 is 0 Å². The van der Waals surface area contributed by atoms with Crippen molar-refractivity contribution >= 4 is 34.1 Å². The SMILES string of the molecule is O=C1CCCCN(c2nc(OC[C@@]34CCCN3C[C@H](F)C4)nc3c(F)c(Cl)ncc23)C1. The number of nitrogens with zero attached hydrogens (tertiary/aromatic N) is 5. The van der Waals surface area contributed by atoms with Crippen LogP contribution in [0, 0.1) is 5.82 Å². The Morgan fingerprint density at radius 1 is 1.26 bits per heavy atom. The van der Waals surface area contributed by atoms with Gasteiger partial charge in [0.2, 0.25) is 0 Å². The zero-order valence-corrected chi connectivity index (χ0v) is 17.9. The molecule has 0 bridgehead atoms. The van der Waals surface area contributed by atoms with Crippen LogP contribution in [0.15, 0.2) is 6.20 Å². The smallest absolute Gasteiger partial charge is 0.319 e. The van der Waals surface area contributed by atoms with Gasteiger partial charge in [-0.15, -0.1) is 0 Å². The molecule has 0 spiro atoms. The molecule has 3 aliphatic rings. The molecule has 7 nitrogen and oxygen atoms in total. The number of fused-ring (bicyclic) bond motifs is 2. The van der Waals surface area contributed by atoms with Gasteiger partial charge in [0.15, 0.2) is 16.8 Å². The van der Waals surface area contributed by atoms with E-state index in [0.717, 1.165) is 32.2 Å². The Morgan fingerprint density at radius 3 is 3.00 bits per heavy atom. The number of carbonyl (C=O) groups is 1. The largest absolute Gasteiger partial charge is 0.461 e. The lowest BCUT2D eigenvalue weighted by molar-refractivity contribution is -0.117. The van der Waals surface area contributed by atoms with Crippen LogP contribution < -0.4 is 9.64 Å². The van der Waals surface area contributed by atoms with Gasteiger partial charge in [0.25, 0.3) is 0 Å². The van der Waals surface area contributed by atoms with Gasteiger partial charge in [0.1, 0.15) is 24.1 Å². The van der Waals surface area contributed by atoms with E-state index in [4.69, 9.17) is 16.3 Å². The summed E-state index contributed by atoms with van der Waals surface area (Å²) in [6.07, 6.45) is 4.96. The topological polar surface area (TPSA) is 71.5 Å². The lowest BCUT2D eigenvalue weighted by Gasteiger charge is -2.31. The number of aromatic nitrogens is 3. The molecule has 0 N–H and O–H groups in total. The second-order valence-electron chi connectivity index (χ2n) is 8.74. The van der Waals surface area contributed by atoms with Gasteiger partial charge in [-0.3, -0.25) is 9.69 Å². The van der Waals surface area contributed by atoms with Crippen molar-refractivity contribution in [2.75, 3.05) is 37.7 Å². The molecule has 2 atom stereocenters. The summed E-state index contributed by atoms with van der Waals surface area (Å²) in [5, 5.41) is 0.0981. The monoisotopic (exact) mass is 451 g/mol. The van der Waals surface area contributed by atoms with E-state index in [-0.39, 0.29) is 41.2 Å². The molecule has 0 unspecified atom stereocenters. The van der Waals surface area contributed by atoms with E-state index in [1.54, 1.807) is 0 Å². The number of anilines is 1. The zero-order valence-electron chi connectivity index (χ0n) is 17.1. The Bertz CT molecular complexity index is 1020. The molecule has 0 saturated carbocycles. The van der Waals surface area contributed by atoms with Crippen molar-refractivity contribution in [1.82, 2.24) is 19.9 Å². The average molecular weight is 452 g/mol. The van der Waals surface area contributed by atoms with Crippen LogP contribution in [-0.2, 0) is 4.79 Å². The average Bonchev–Trinajstić information content (AvgIpc) is 3.17. The number of ether oxygens (including phenoxy) is 1. The number of pyridine rings is 1. The van der Waals surface area contributed by atoms with Crippen LogP contribution in [0.5, 0.6) is 6.01 Å². The van der Waals surface area contributed by atoms with Gasteiger partial charge < -0.3 is 9.64 Å². The van der Waals surface area contributed by atoms with E-state index in [1.165, 1.54) is 6.20 Å². The molecule has 5 rings (SSSR count). The molecule has 31 heavy (non-hydrogen) atoms. The minimum absolute atomic E-state index is 0.00361. The minimum atomic E-state index is -0.873. The van der Waals surface area contributed by atoms with Crippen LogP contribution in [0.2, 0.25) is 5.15 Å². The molecule has 2 aromatic rings. The van der Waals surface area contributed by atoms with Gasteiger partial charge in [-0.1, -0.05) is 11.6 Å². The van der Waals surface area contributed by atoms with Gasteiger partial charge in [0.05, 0.1) is 17.5 Å². The number of rotatable bonds is 4. The third-order valence-corrected chi connectivity index (χ3v) is 6.90. The van der Waals surface area contributed by atoms with Crippen molar-refractivity contribution < 1.29 is 18.3 Å². The fourth-order valence-corrected chi connectivity index (χ4v) is 5.27.